The molecule has 0 unspecified atom stereocenters. The molecule has 2 N–H and O–H groups in total. The first-order valence-corrected chi connectivity index (χ1v) is 11.7. The Morgan fingerprint density at radius 2 is 1.47 bits per heavy atom. The Kier molecular flexibility index (Phi) is 6.76. The molecule has 172 valence electrons. The van der Waals surface area contributed by atoms with Gasteiger partial charge in [0.2, 0.25) is 0 Å². The van der Waals surface area contributed by atoms with Crippen LogP contribution < -0.4 is 14.8 Å². The van der Waals surface area contributed by atoms with Crippen LogP contribution in [-0.2, 0) is 10.0 Å². The zero-order valence-corrected chi connectivity index (χ0v) is 19.0. The summed E-state index contributed by atoms with van der Waals surface area (Å²) < 4.78 is 46.5. The van der Waals surface area contributed by atoms with Gasteiger partial charge in [-0.1, -0.05) is 11.6 Å². The maximum absolute atomic E-state index is 13.1. The molecule has 3 aromatic carbocycles. The number of halogens is 2. The molecule has 34 heavy (non-hydrogen) atoms. The van der Waals surface area contributed by atoms with Gasteiger partial charge >= 0.3 is 0 Å². The number of benzene rings is 3. The van der Waals surface area contributed by atoms with Crippen molar-refractivity contribution in [2.75, 3.05) is 10.0 Å². The minimum absolute atomic E-state index is 0.0271. The summed E-state index contributed by atoms with van der Waals surface area (Å²) in [5, 5.41) is 2.76. The molecule has 1 amide bonds. The number of nitrogens with one attached hydrogen (secondary N) is 2. The summed E-state index contributed by atoms with van der Waals surface area (Å²) in [7, 11) is -4.04. The van der Waals surface area contributed by atoms with E-state index in [9.17, 15) is 17.6 Å². The van der Waals surface area contributed by atoms with E-state index in [0.717, 1.165) is 12.1 Å². The molecule has 0 spiro atoms. The maximum Gasteiger partial charge on any atom is 0.261 e. The Hall–Kier alpha value is -3.95. The lowest BCUT2D eigenvalue weighted by molar-refractivity contribution is 0.102. The third-order valence-corrected chi connectivity index (χ3v) is 6.30. The Bertz CT molecular complexity index is 1420. The van der Waals surface area contributed by atoms with Crippen molar-refractivity contribution < 1.29 is 22.3 Å². The van der Waals surface area contributed by atoms with Crippen LogP contribution in [0, 0.1) is 5.82 Å². The monoisotopic (exact) mass is 497 g/mol. The highest BCUT2D eigenvalue weighted by Crippen LogP contribution is 2.25. The number of pyridine rings is 1. The van der Waals surface area contributed by atoms with E-state index in [2.05, 4.69) is 15.0 Å². The number of rotatable bonds is 7. The van der Waals surface area contributed by atoms with Crippen LogP contribution in [0.25, 0.3) is 0 Å². The molecule has 0 aliphatic carbocycles. The van der Waals surface area contributed by atoms with Crippen LogP contribution in [0.2, 0.25) is 5.02 Å². The molecule has 0 saturated heterocycles. The van der Waals surface area contributed by atoms with Crippen LogP contribution in [0.5, 0.6) is 11.5 Å². The summed E-state index contributed by atoms with van der Waals surface area (Å²) in [4.78, 5) is 16.5. The first kappa shape index (κ1) is 23.2. The number of sulfonamides is 1. The summed E-state index contributed by atoms with van der Waals surface area (Å²) in [6.45, 7) is 0. The van der Waals surface area contributed by atoms with E-state index < -0.39 is 21.7 Å². The zero-order chi connectivity index (χ0) is 24.1. The summed E-state index contributed by atoms with van der Waals surface area (Å²) in [5.74, 6) is 0.0880. The summed E-state index contributed by atoms with van der Waals surface area (Å²) in [6.07, 6.45) is 3.22. The highest BCUT2D eigenvalue weighted by atomic mass is 35.5. The molecule has 1 heterocycles. The van der Waals surface area contributed by atoms with Gasteiger partial charge in [-0.05, 0) is 78.9 Å². The van der Waals surface area contributed by atoms with E-state index in [4.69, 9.17) is 16.3 Å². The molecule has 0 bridgehead atoms. The van der Waals surface area contributed by atoms with Gasteiger partial charge < -0.3 is 10.1 Å². The van der Waals surface area contributed by atoms with Crippen molar-refractivity contribution in [3.63, 3.8) is 0 Å². The van der Waals surface area contributed by atoms with Gasteiger partial charge in [0, 0.05) is 23.8 Å². The summed E-state index contributed by atoms with van der Waals surface area (Å²) >= 11 is 6.16. The number of anilines is 2. The van der Waals surface area contributed by atoms with Gasteiger partial charge in [-0.3, -0.25) is 14.5 Å². The predicted octanol–water partition coefficient (Wildman–Crippen LogP) is 5.72. The fraction of sp³-hybridized carbons (Fsp3) is 0. The zero-order valence-electron chi connectivity index (χ0n) is 17.4. The molecule has 4 rings (SSSR count). The third kappa shape index (κ3) is 5.69. The van der Waals surface area contributed by atoms with E-state index in [1.807, 2.05) is 0 Å². The van der Waals surface area contributed by atoms with Gasteiger partial charge in [0.15, 0.2) is 0 Å². The number of carbonyl (C=O) groups excluding carboxylic acids is 1. The quantitative estimate of drug-likeness (QED) is 0.340. The summed E-state index contributed by atoms with van der Waals surface area (Å²) in [5.41, 5.74) is 0.609. The fourth-order valence-electron chi connectivity index (χ4n) is 2.92. The second-order valence-corrected chi connectivity index (χ2v) is 9.11. The van der Waals surface area contributed by atoms with E-state index in [1.165, 1.54) is 30.3 Å². The van der Waals surface area contributed by atoms with E-state index in [1.54, 1.807) is 48.8 Å². The molecule has 0 radical (unpaired) electrons. The number of hydrogen-bond acceptors (Lipinski definition) is 5. The van der Waals surface area contributed by atoms with Gasteiger partial charge in [0.05, 0.1) is 15.5 Å². The molecular formula is C24H17ClFN3O4S. The van der Waals surface area contributed by atoms with Crippen LogP contribution in [0.4, 0.5) is 15.8 Å². The van der Waals surface area contributed by atoms with E-state index >= 15 is 0 Å². The number of nitrogens with zero attached hydrogens (tertiary/aromatic N) is 1. The lowest BCUT2D eigenvalue weighted by atomic mass is 10.2. The number of ether oxygens (including phenoxy) is 1. The molecule has 10 heteroatoms. The Morgan fingerprint density at radius 1 is 0.853 bits per heavy atom. The minimum Gasteiger partial charge on any atom is -0.457 e. The Morgan fingerprint density at radius 3 is 2.15 bits per heavy atom. The molecule has 0 fully saturated rings. The fourth-order valence-corrected chi connectivity index (χ4v) is 4.21. The van der Waals surface area contributed by atoms with Crippen LogP contribution >= 0.6 is 11.6 Å². The predicted molar refractivity (Wildman–Crippen MR) is 127 cm³/mol. The average Bonchev–Trinajstić information content (AvgIpc) is 2.82. The van der Waals surface area contributed by atoms with Crippen molar-refractivity contribution in [1.29, 1.82) is 0 Å². The number of carbonyl (C=O) groups is 1. The van der Waals surface area contributed by atoms with Crippen molar-refractivity contribution in [2.24, 2.45) is 0 Å². The number of aromatic nitrogens is 1. The second-order valence-electron chi connectivity index (χ2n) is 7.02. The van der Waals surface area contributed by atoms with Gasteiger partial charge in [-0.15, -0.1) is 0 Å². The molecule has 0 saturated carbocycles. The van der Waals surface area contributed by atoms with Gasteiger partial charge in [-0.2, -0.15) is 0 Å². The van der Waals surface area contributed by atoms with E-state index in [-0.39, 0.29) is 21.2 Å². The first-order chi connectivity index (χ1) is 16.3. The van der Waals surface area contributed by atoms with Crippen LogP contribution in [0.15, 0.2) is 96.2 Å². The second kappa shape index (κ2) is 9.90. The highest BCUT2D eigenvalue weighted by Gasteiger charge is 2.19. The van der Waals surface area contributed by atoms with Crippen molar-refractivity contribution in [2.45, 2.75) is 4.90 Å². The lowest BCUT2D eigenvalue weighted by Crippen LogP contribution is -2.16. The molecule has 0 aliphatic heterocycles. The van der Waals surface area contributed by atoms with Crippen LogP contribution in [0.3, 0.4) is 0 Å². The van der Waals surface area contributed by atoms with Crippen LogP contribution in [0.1, 0.15) is 10.4 Å². The van der Waals surface area contributed by atoms with Gasteiger partial charge in [0.1, 0.15) is 17.3 Å². The van der Waals surface area contributed by atoms with E-state index in [0.29, 0.717) is 17.2 Å². The molecule has 0 atom stereocenters. The maximum atomic E-state index is 13.1. The smallest absolute Gasteiger partial charge is 0.261 e. The normalized spacial score (nSPS) is 11.0. The summed E-state index contributed by atoms with van der Waals surface area (Å²) in [6, 6.07) is 18.7. The van der Waals surface area contributed by atoms with Crippen molar-refractivity contribution in [3.8, 4) is 11.5 Å². The van der Waals surface area contributed by atoms with Crippen LogP contribution in [-0.4, -0.2) is 19.3 Å². The minimum atomic E-state index is -4.04. The van der Waals surface area contributed by atoms with Crippen molar-refractivity contribution in [3.05, 3.63) is 108 Å². The van der Waals surface area contributed by atoms with Gasteiger partial charge in [0.25, 0.3) is 15.9 Å². The molecule has 7 nitrogen and oxygen atoms in total. The molecule has 0 aliphatic rings. The van der Waals surface area contributed by atoms with Crippen molar-refractivity contribution >= 4 is 38.9 Å². The molecule has 1 aromatic heterocycles. The standard InChI is InChI=1S/C24H17ClFN3O4S/c25-23-10-9-21(34(31,32)29-18-3-1-16(26)2-4-18)15-22(23)24(30)28-17-5-7-19(8-6-17)33-20-11-13-27-14-12-20/h1-15,29H,(H,28,30). The lowest BCUT2D eigenvalue weighted by Gasteiger charge is -2.12. The average molecular weight is 498 g/mol. The highest BCUT2D eigenvalue weighted by molar-refractivity contribution is 7.92. The number of amides is 1. The number of hydrogen-bond donors (Lipinski definition) is 2. The third-order valence-electron chi connectivity index (χ3n) is 4.59. The molecular weight excluding hydrogens is 481 g/mol. The van der Waals surface area contributed by atoms with Crippen molar-refractivity contribution in [1.82, 2.24) is 4.98 Å². The van der Waals surface area contributed by atoms with Gasteiger partial charge in [-0.25, -0.2) is 12.8 Å². The molecule has 4 aromatic rings. The first-order valence-electron chi connectivity index (χ1n) is 9.87. The topological polar surface area (TPSA) is 97.4 Å². The Labute approximate surface area is 200 Å². The Balaban J connectivity index is 1.49. The SMILES string of the molecule is O=C(Nc1ccc(Oc2ccncc2)cc1)c1cc(S(=O)(=O)Nc2ccc(F)cc2)ccc1Cl. The largest absolute Gasteiger partial charge is 0.457 e.